The van der Waals surface area contributed by atoms with Crippen LogP contribution in [0, 0.1) is 5.82 Å². The number of nitrogens with zero attached hydrogens (tertiary/aromatic N) is 3. The lowest BCUT2D eigenvalue weighted by atomic mass is 10.2. The van der Waals surface area contributed by atoms with E-state index >= 15 is 0 Å². The van der Waals surface area contributed by atoms with Crippen molar-refractivity contribution in [3.63, 3.8) is 0 Å². The highest BCUT2D eigenvalue weighted by molar-refractivity contribution is 7.17. The molecule has 3 aromatic heterocycles. The van der Waals surface area contributed by atoms with E-state index in [4.69, 9.17) is 0 Å². The van der Waals surface area contributed by atoms with E-state index < -0.39 is 0 Å². The zero-order valence-electron chi connectivity index (χ0n) is 13.0. The van der Waals surface area contributed by atoms with Crippen molar-refractivity contribution in [2.45, 2.75) is 6.54 Å². The zero-order valence-corrected chi connectivity index (χ0v) is 13.8. The van der Waals surface area contributed by atoms with Gasteiger partial charge in [0.25, 0.3) is 5.91 Å². The molecule has 0 saturated heterocycles. The summed E-state index contributed by atoms with van der Waals surface area (Å²) in [5.74, 6) is 0.212. The standard InChI is InChI=1S/C18H13FN4OS/c19-13-6-4-12(5-7-13)14-8-9-15(25-14)18(24)20-11-17-22-21-16-3-1-2-10-23(16)17/h1-10H,11H2,(H,20,24). The fourth-order valence-electron chi connectivity index (χ4n) is 2.49. The number of benzene rings is 1. The summed E-state index contributed by atoms with van der Waals surface area (Å²) in [4.78, 5) is 13.9. The van der Waals surface area contributed by atoms with Crippen molar-refractivity contribution in [3.8, 4) is 10.4 Å². The van der Waals surface area contributed by atoms with Crippen LogP contribution < -0.4 is 5.32 Å². The molecule has 0 saturated carbocycles. The number of amides is 1. The molecule has 3 heterocycles. The van der Waals surface area contributed by atoms with E-state index in [-0.39, 0.29) is 18.3 Å². The molecular weight excluding hydrogens is 339 g/mol. The Morgan fingerprint density at radius 2 is 1.92 bits per heavy atom. The second-order valence-electron chi connectivity index (χ2n) is 5.40. The van der Waals surface area contributed by atoms with E-state index in [1.54, 1.807) is 18.2 Å². The van der Waals surface area contributed by atoms with Gasteiger partial charge in [-0.25, -0.2) is 4.39 Å². The van der Waals surface area contributed by atoms with Gasteiger partial charge in [-0.1, -0.05) is 18.2 Å². The van der Waals surface area contributed by atoms with E-state index in [2.05, 4.69) is 15.5 Å². The summed E-state index contributed by atoms with van der Waals surface area (Å²) in [5, 5.41) is 11.0. The number of carbonyl (C=O) groups is 1. The van der Waals surface area contributed by atoms with Gasteiger partial charge < -0.3 is 5.32 Å². The van der Waals surface area contributed by atoms with Crippen molar-refractivity contribution in [3.05, 3.63) is 77.3 Å². The number of nitrogens with one attached hydrogen (secondary N) is 1. The van der Waals surface area contributed by atoms with Crippen LogP contribution in [0.25, 0.3) is 16.1 Å². The van der Waals surface area contributed by atoms with E-state index in [0.29, 0.717) is 10.7 Å². The summed E-state index contributed by atoms with van der Waals surface area (Å²) in [6.45, 7) is 0.286. The molecule has 4 aromatic rings. The number of thiophene rings is 1. The van der Waals surface area contributed by atoms with Gasteiger partial charge in [-0.3, -0.25) is 9.20 Å². The first kappa shape index (κ1) is 15.5. The molecule has 5 nitrogen and oxygen atoms in total. The molecule has 124 valence electrons. The number of carbonyl (C=O) groups excluding carboxylic acids is 1. The molecule has 1 amide bonds. The largest absolute Gasteiger partial charge is 0.344 e. The van der Waals surface area contributed by atoms with Gasteiger partial charge >= 0.3 is 0 Å². The molecule has 0 unspecified atom stereocenters. The number of rotatable bonds is 4. The molecule has 7 heteroatoms. The molecule has 1 aromatic carbocycles. The SMILES string of the molecule is O=C(NCc1nnc2ccccn12)c1ccc(-c2ccc(F)cc2)s1. The summed E-state index contributed by atoms with van der Waals surface area (Å²) in [7, 11) is 0. The molecule has 0 aliphatic carbocycles. The van der Waals surface area contributed by atoms with E-state index in [1.807, 2.05) is 34.9 Å². The molecular formula is C18H13FN4OS. The average Bonchev–Trinajstić information content (AvgIpc) is 3.28. The van der Waals surface area contributed by atoms with Crippen molar-refractivity contribution in [1.82, 2.24) is 19.9 Å². The van der Waals surface area contributed by atoms with Crippen LogP contribution >= 0.6 is 11.3 Å². The summed E-state index contributed by atoms with van der Waals surface area (Å²) in [5.41, 5.74) is 1.62. The highest BCUT2D eigenvalue weighted by Gasteiger charge is 2.12. The number of fused-ring (bicyclic) bond motifs is 1. The third kappa shape index (κ3) is 3.14. The second-order valence-corrected chi connectivity index (χ2v) is 6.48. The van der Waals surface area contributed by atoms with E-state index in [0.717, 1.165) is 16.1 Å². The predicted octanol–water partition coefficient (Wildman–Crippen LogP) is 3.53. The second kappa shape index (κ2) is 6.45. The Hall–Kier alpha value is -3.06. The number of pyridine rings is 1. The van der Waals surface area contributed by atoms with Gasteiger partial charge in [-0.15, -0.1) is 21.5 Å². The number of hydrogen-bond donors (Lipinski definition) is 1. The maximum atomic E-state index is 13.0. The minimum atomic E-state index is -0.279. The first-order valence-electron chi connectivity index (χ1n) is 7.63. The van der Waals surface area contributed by atoms with Gasteiger partial charge in [-0.2, -0.15) is 0 Å². The van der Waals surface area contributed by atoms with Crippen LogP contribution in [0.2, 0.25) is 0 Å². The normalized spacial score (nSPS) is 10.9. The molecule has 0 spiro atoms. The number of hydrogen-bond acceptors (Lipinski definition) is 4. The van der Waals surface area contributed by atoms with E-state index in [1.165, 1.54) is 23.5 Å². The summed E-state index contributed by atoms with van der Waals surface area (Å²) < 4.78 is 14.8. The average molecular weight is 352 g/mol. The molecule has 25 heavy (non-hydrogen) atoms. The molecule has 0 fully saturated rings. The van der Waals surface area contributed by atoms with Crippen molar-refractivity contribution >= 4 is 22.9 Å². The Bertz CT molecular complexity index is 1040. The first-order chi connectivity index (χ1) is 12.2. The zero-order chi connectivity index (χ0) is 17.2. The maximum absolute atomic E-state index is 13.0. The third-order valence-corrected chi connectivity index (χ3v) is 4.88. The lowest BCUT2D eigenvalue weighted by Gasteiger charge is -2.02. The van der Waals surface area contributed by atoms with Gasteiger partial charge in [0.2, 0.25) is 0 Å². The highest BCUT2D eigenvalue weighted by atomic mass is 32.1. The predicted molar refractivity (Wildman–Crippen MR) is 93.9 cm³/mol. The monoisotopic (exact) mass is 352 g/mol. The van der Waals surface area contributed by atoms with Crippen LogP contribution in [0.3, 0.4) is 0 Å². The maximum Gasteiger partial charge on any atom is 0.261 e. The number of aromatic nitrogens is 3. The van der Waals surface area contributed by atoms with Crippen LogP contribution in [-0.4, -0.2) is 20.5 Å². The minimum Gasteiger partial charge on any atom is -0.344 e. The minimum absolute atomic E-state index is 0.175. The van der Waals surface area contributed by atoms with Crippen LogP contribution in [0.4, 0.5) is 4.39 Å². The highest BCUT2D eigenvalue weighted by Crippen LogP contribution is 2.28. The Morgan fingerprint density at radius 1 is 1.08 bits per heavy atom. The van der Waals surface area contributed by atoms with Crippen molar-refractivity contribution < 1.29 is 9.18 Å². The fourth-order valence-corrected chi connectivity index (χ4v) is 3.42. The van der Waals surface area contributed by atoms with Crippen molar-refractivity contribution in [1.29, 1.82) is 0 Å². The van der Waals surface area contributed by atoms with Crippen LogP contribution in [-0.2, 0) is 6.54 Å². The third-order valence-electron chi connectivity index (χ3n) is 3.75. The quantitative estimate of drug-likeness (QED) is 0.611. The molecule has 0 atom stereocenters. The van der Waals surface area contributed by atoms with Gasteiger partial charge in [0.15, 0.2) is 11.5 Å². The lowest BCUT2D eigenvalue weighted by molar-refractivity contribution is 0.0954. The summed E-state index contributed by atoms with van der Waals surface area (Å²) in [6, 6.07) is 15.5. The van der Waals surface area contributed by atoms with Crippen molar-refractivity contribution in [2.24, 2.45) is 0 Å². The summed E-state index contributed by atoms with van der Waals surface area (Å²) >= 11 is 1.36. The first-order valence-corrected chi connectivity index (χ1v) is 8.45. The molecule has 1 N–H and O–H groups in total. The van der Waals surface area contributed by atoms with Gasteiger partial charge in [0.05, 0.1) is 11.4 Å². The molecule has 0 aliphatic rings. The van der Waals surface area contributed by atoms with E-state index in [9.17, 15) is 9.18 Å². The molecule has 4 rings (SSSR count). The van der Waals surface area contributed by atoms with Gasteiger partial charge in [0.1, 0.15) is 5.82 Å². The van der Waals surface area contributed by atoms with Crippen molar-refractivity contribution in [2.75, 3.05) is 0 Å². The Labute approximate surface area is 146 Å². The van der Waals surface area contributed by atoms with Crippen LogP contribution in [0.1, 0.15) is 15.5 Å². The number of halogens is 1. The fraction of sp³-hybridized carbons (Fsp3) is 0.0556. The lowest BCUT2D eigenvalue weighted by Crippen LogP contribution is -2.23. The van der Waals surface area contributed by atoms with Gasteiger partial charge in [0, 0.05) is 11.1 Å². The molecule has 0 radical (unpaired) electrons. The molecule has 0 bridgehead atoms. The Morgan fingerprint density at radius 3 is 2.76 bits per heavy atom. The van der Waals surface area contributed by atoms with Crippen LogP contribution in [0.5, 0.6) is 0 Å². The Balaban J connectivity index is 1.47. The Kier molecular flexibility index (Phi) is 3.99. The van der Waals surface area contributed by atoms with Gasteiger partial charge in [-0.05, 0) is 42.0 Å². The smallest absolute Gasteiger partial charge is 0.261 e. The molecule has 0 aliphatic heterocycles. The summed E-state index contributed by atoms with van der Waals surface area (Å²) in [6.07, 6.45) is 1.86. The van der Waals surface area contributed by atoms with Crippen LogP contribution in [0.15, 0.2) is 60.8 Å². The topological polar surface area (TPSA) is 59.3 Å².